The lowest BCUT2D eigenvalue weighted by molar-refractivity contribution is -0.124. The Morgan fingerprint density at radius 2 is 1.67 bits per heavy atom. The number of nitrogens with zero attached hydrogens (tertiary/aromatic N) is 2. The zero-order valence-electron chi connectivity index (χ0n) is 10.5. The second-order valence-corrected chi connectivity index (χ2v) is 6.12. The highest BCUT2D eigenvalue weighted by Gasteiger charge is 2.46. The van der Waals surface area contributed by atoms with E-state index in [4.69, 9.17) is 5.73 Å². The lowest BCUT2D eigenvalue weighted by Gasteiger charge is -2.42. The first kappa shape index (κ1) is 12.0. The molecule has 1 aliphatic rings. The van der Waals surface area contributed by atoms with E-state index in [0.717, 1.165) is 0 Å². The quantitative estimate of drug-likeness (QED) is 0.658. The largest absolute Gasteiger partial charge is 0.369 e. The van der Waals surface area contributed by atoms with Crippen LogP contribution in [0.25, 0.3) is 0 Å². The zero-order chi connectivity index (χ0) is 12.0. The molecule has 0 radical (unpaired) electrons. The van der Waals surface area contributed by atoms with Gasteiger partial charge in [-0.3, -0.25) is 4.79 Å². The molecule has 0 aliphatic carbocycles. The van der Waals surface area contributed by atoms with E-state index in [1.807, 2.05) is 46.4 Å². The van der Waals surface area contributed by atoms with Crippen LogP contribution in [0.5, 0.6) is 0 Å². The Labute approximate surface area is 91.5 Å². The molecule has 0 aromatic rings. The number of carbonyl (C=O) groups excluding carboxylic acids is 1. The number of hydrogen-bond donors (Lipinski definition) is 1. The minimum atomic E-state index is -0.252. The van der Waals surface area contributed by atoms with Crippen molar-refractivity contribution in [2.45, 2.75) is 53.1 Å². The molecule has 0 aromatic carbocycles. The van der Waals surface area contributed by atoms with Crippen molar-refractivity contribution in [1.29, 1.82) is 0 Å². The van der Waals surface area contributed by atoms with Crippen LogP contribution in [0.2, 0.25) is 0 Å². The van der Waals surface area contributed by atoms with Crippen LogP contribution >= 0.6 is 0 Å². The van der Waals surface area contributed by atoms with E-state index in [2.05, 4.69) is 4.99 Å². The summed E-state index contributed by atoms with van der Waals surface area (Å²) >= 11 is 0. The zero-order valence-corrected chi connectivity index (χ0v) is 10.5. The first-order valence-electron chi connectivity index (χ1n) is 5.22. The molecule has 0 bridgehead atoms. The van der Waals surface area contributed by atoms with E-state index in [0.29, 0.717) is 5.96 Å². The average Bonchev–Trinajstić information content (AvgIpc) is 2.22. The maximum Gasteiger partial charge on any atom is 0.272 e. The van der Waals surface area contributed by atoms with Gasteiger partial charge in [-0.15, -0.1) is 0 Å². The molecule has 1 aliphatic heterocycles. The Balaban J connectivity index is 3.13. The first-order valence-corrected chi connectivity index (χ1v) is 5.22. The summed E-state index contributed by atoms with van der Waals surface area (Å²) in [5.74, 6) is 0.211. The molecule has 0 saturated heterocycles. The summed E-state index contributed by atoms with van der Waals surface area (Å²) in [5.41, 5.74) is 5.46. The van der Waals surface area contributed by atoms with Crippen LogP contribution in [0.1, 0.15) is 41.5 Å². The van der Waals surface area contributed by atoms with Crippen LogP contribution in [-0.2, 0) is 4.79 Å². The second kappa shape index (κ2) is 3.22. The van der Waals surface area contributed by atoms with Gasteiger partial charge >= 0.3 is 0 Å². The third kappa shape index (κ3) is 2.13. The maximum absolute atomic E-state index is 11.8. The number of aliphatic imine (C=N–C) groups is 1. The Morgan fingerprint density at radius 1 is 1.20 bits per heavy atom. The summed E-state index contributed by atoms with van der Waals surface area (Å²) in [6, 6.07) is -0.252. The summed E-state index contributed by atoms with van der Waals surface area (Å²) < 4.78 is 0. The molecule has 4 nitrogen and oxygen atoms in total. The van der Waals surface area contributed by atoms with Gasteiger partial charge in [0.05, 0.1) is 0 Å². The van der Waals surface area contributed by atoms with E-state index in [1.54, 1.807) is 0 Å². The molecule has 1 heterocycles. The molecule has 1 rings (SSSR count). The maximum atomic E-state index is 11.8. The molecule has 4 heteroatoms. The summed E-state index contributed by atoms with van der Waals surface area (Å²) in [6.07, 6.45) is 0. The Hall–Kier alpha value is -1.06. The molecular weight excluding hydrogens is 190 g/mol. The third-order valence-corrected chi connectivity index (χ3v) is 2.51. The summed E-state index contributed by atoms with van der Waals surface area (Å²) in [7, 11) is 0. The minimum Gasteiger partial charge on any atom is -0.369 e. The fraction of sp³-hybridized carbons (Fsp3) is 0.818. The van der Waals surface area contributed by atoms with Gasteiger partial charge in [0.2, 0.25) is 0 Å². The predicted molar refractivity (Wildman–Crippen MR) is 61.5 cm³/mol. The van der Waals surface area contributed by atoms with Crippen LogP contribution in [0.4, 0.5) is 0 Å². The standard InChI is InChI=1S/C11H21N3O/c1-10(2,3)7-8(15)13-9(12)14(7)11(4,5)6/h7H,1-6H3,(H2,12,13,15)/t7-/m0/s1. The Morgan fingerprint density at radius 3 is 1.93 bits per heavy atom. The van der Waals surface area contributed by atoms with Crippen molar-refractivity contribution in [2.75, 3.05) is 0 Å². The molecule has 0 unspecified atom stereocenters. The van der Waals surface area contributed by atoms with E-state index in [9.17, 15) is 4.79 Å². The molecule has 1 amide bonds. The van der Waals surface area contributed by atoms with Gasteiger partial charge in [-0.05, 0) is 26.2 Å². The van der Waals surface area contributed by atoms with E-state index < -0.39 is 0 Å². The van der Waals surface area contributed by atoms with E-state index in [1.165, 1.54) is 0 Å². The summed E-state index contributed by atoms with van der Waals surface area (Å²) in [4.78, 5) is 17.6. The number of amides is 1. The smallest absolute Gasteiger partial charge is 0.272 e. The number of guanidine groups is 1. The van der Waals surface area contributed by atoms with E-state index >= 15 is 0 Å². The highest BCUT2D eigenvalue weighted by Crippen LogP contribution is 2.33. The Kier molecular flexibility index (Phi) is 2.58. The lowest BCUT2D eigenvalue weighted by Crippen LogP contribution is -2.56. The summed E-state index contributed by atoms with van der Waals surface area (Å²) in [6.45, 7) is 12.2. The van der Waals surface area contributed by atoms with Gasteiger partial charge in [-0.1, -0.05) is 20.8 Å². The van der Waals surface area contributed by atoms with Crippen molar-refractivity contribution >= 4 is 11.9 Å². The molecule has 1 atom stereocenters. The fourth-order valence-corrected chi connectivity index (χ4v) is 1.96. The molecule has 0 fully saturated rings. The molecule has 86 valence electrons. The van der Waals surface area contributed by atoms with Crippen molar-refractivity contribution < 1.29 is 4.79 Å². The van der Waals surface area contributed by atoms with Gasteiger partial charge in [-0.25, -0.2) is 0 Å². The average molecular weight is 211 g/mol. The van der Waals surface area contributed by atoms with E-state index in [-0.39, 0.29) is 22.9 Å². The van der Waals surface area contributed by atoms with Gasteiger partial charge in [0, 0.05) is 5.54 Å². The topological polar surface area (TPSA) is 58.7 Å². The van der Waals surface area contributed by atoms with Crippen LogP contribution in [0.15, 0.2) is 4.99 Å². The van der Waals surface area contributed by atoms with Crippen molar-refractivity contribution in [3.63, 3.8) is 0 Å². The van der Waals surface area contributed by atoms with Crippen LogP contribution in [0, 0.1) is 5.41 Å². The van der Waals surface area contributed by atoms with Gasteiger partial charge in [-0.2, -0.15) is 4.99 Å². The fourth-order valence-electron chi connectivity index (χ4n) is 1.96. The molecule has 0 aromatic heterocycles. The van der Waals surface area contributed by atoms with Crippen LogP contribution in [0.3, 0.4) is 0 Å². The van der Waals surface area contributed by atoms with Crippen molar-refractivity contribution in [3.8, 4) is 0 Å². The van der Waals surface area contributed by atoms with Crippen molar-refractivity contribution in [2.24, 2.45) is 16.1 Å². The minimum absolute atomic E-state index is 0.130. The first-order chi connectivity index (χ1) is 6.55. The molecule has 15 heavy (non-hydrogen) atoms. The van der Waals surface area contributed by atoms with Gasteiger partial charge in [0.15, 0.2) is 5.96 Å². The highest BCUT2D eigenvalue weighted by atomic mass is 16.2. The SMILES string of the molecule is CC(C)(C)[C@@H]1C(=O)N=C(N)N1C(C)(C)C. The van der Waals surface area contributed by atoms with Gasteiger partial charge in [0.1, 0.15) is 6.04 Å². The van der Waals surface area contributed by atoms with Crippen molar-refractivity contribution in [3.05, 3.63) is 0 Å². The van der Waals surface area contributed by atoms with Crippen LogP contribution < -0.4 is 5.73 Å². The summed E-state index contributed by atoms with van der Waals surface area (Å²) in [5, 5.41) is 0. The molecule has 0 spiro atoms. The molecular formula is C11H21N3O. The lowest BCUT2D eigenvalue weighted by atomic mass is 9.84. The normalized spacial score (nSPS) is 23.3. The second-order valence-electron chi connectivity index (χ2n) is 6.12. The number of hydrogen-bond acceptors (Lipinski definition) is 3. The van der Waals surface area contributed by atoms with Crippen molar-refractivity contribution in [1.82, 2.24) is 4.90 Å². The molecule has 2 N–H and O–H groups in total. The van der Waals surface area contributed by atoms with Crippen LogP contribution in [-0.4, -0.2) is 28.3 Å². The number of carbonyl (C=O) groups is 1. The van der Waals surface area contributed by atoms with Gasteiger partial charge in [0.25, 0.3) is 5.91 Å². The van der Waals surface area contributed by atoms with Gasteiger partial charge < -0.3 is 10.6 Å². The number of nitrogens with two attached hydrogens (primary N) is 1. The monoisotopic (exact) mass is 211 g/mol. The number of rotatable bonds is 0. The predicted octanol–water partition coefficient (Wildman–Crippen LogP) is 1.36. The Bertz CT molecular complexity index is 307. The highest BCUT2D eigenvalue weighted by molar-refractivity contribution is 6.03. The third-order valence-electron chi connectivity index (χ3n) is 2.51. The molecule has 0 saturated carbocycles.